The number of imide groups is 1. The van der Waals surface area contributed by atoms with Gasteiger partial charge in [-0.05, 0) is 43.3 Å². The van der Waals surface area contributed by atoms with Crippen LogP contribution in [0, 0.1) is 11.3 Å². The van der Waals surface area contributed by atoms with Crippen LogP contribution in [0.4, 0.5) is 5.69 Å². The standard InChI is InChI=1S/C20H16BrN3O4/c1-2-28-17-6-3-12(11-22)9-16(17)23-18(25)7-8-24-19(26)14-5-4-13(21)10-15(14)20(24)27/h3-6,9-10H,2,7-8H2,1H3,(H,23,25). The fourth-order valence-electron chi connectivity index (χ4n) is 2.87. The van der Waals surface area contributed by atoms with Gasteiger partial charge >= 0.3 is 0 Å². The molecule has 0 spiro atoms. The first-order chi connectivity index (χ1) is 13.4. The van der Waals surface area contributed by atoms with Crippen LogP contribution in [0.5, 0.6) is 5.75 Å². The molecule has 1 aliphatic rings. The molecule has 1 aliphatic heterocycles. The summed E-state index contributed by atoms with van der Waals surface area (Å²) in [5.41, 5.74) is 1.40. The summed E-state index contributed by atoms with van der Waals surface area (Å²) in [4.78, 5) is 38.3. The van der Waals surface area contributed by atoms with Gasteiger partial charge in [-0.1, -0.05) is 15.9 Å². The molecule has 2 aromatic rings. The van der Waals surface area contributed by atoms with E-state index < -0.39 is 17.7 Å². The molecule has 0 atom stereocenters. The molecule has 7 nitrogen and oxygen atoms in total. The number of amides is 3. The molecule has 142 valence electrons. The second-order valence-corrected chi connectivity index (χ2v) is 6.92. The first kappa shape index (κ1) is 19.6. The van der Waals surface area contributed by atoms with E-state index in [2.05, 4.69) is 21.2 Å². The van der Waals surface area contributed by atoms with Crippen molar-refractivity contribution in [3.8, 4) is 11.8 Å². The van der Waals surface area contributed by atoms with Gasteiger partial charge in [0.25, 0.3) is 11.8 Å². The molecule has 0 unspecified atom stereocenters. The van der Waals surface area contributed by atoms with Crippen molar-refractivity contribution in [1.82, 2.24) is 4.90 Å². The molecule has 0 aromatic heterocycles. The van der Waals surface area contributed by atoms with Gasteiger partial charge in [-0.3, -0.25) is 19.3 Å². The third-order valence-electron chi connectivity index (χ3n) is 4.18. The fourth-order valence-corrected chi connectivity index (χ4v) is 3.23. The van der Waals surface area contributed by atoms with Crippen molar-refractivity contribution in [3.05, 3.63) is 57.6 Å². The number of carbonyl (C=O) groups is 3. The second-order valence-electron chi connectivity index (χ2n) is 6.01. The molecule has 3 rings (SSSR count). The molecule has 0 saturated heterocycles. The Bertz CT molecular complexity index is 1010. The number of hydrogen-bond acceptors (Lipinski definition) is 5. The highest BCUT2D eigenvalue weighted by Crippen LogP contribution is 2.27. The number of nitrogens with zero attached hydrogens (tertiary/aromatic N) is 2. The molecule has 1 heterocycles. The van der Waals surface area contributed by atoms with Crippen molar-refractivity contribution < 1.29 is 19.1 Å². The molecule has 1 N–H and O–H groups in total. The van der Waals surface area contributed by atoms with E-state index in [9.17, 15) is 14.4 Å². The number of nitriles is 1. The van der Waals surface area contributed by atoms with Crippen LogP contribution in [-0.2, 0) is 4.79 Å². The zero-order valence-electron chi connectivity index (χ0n) is 15.0. The van der Waals surface area contributed by atoms with E-state index in [1.807, 2.05) is 13.0 Å². The average molecular weight is 442 g/mol. The van der Waals surface area contributed by atoms with Gasteiger partial charge in [0.1, 0.15) is 5.75 Å². The summed E-state index contributed by atoms with van der Waals surface area (Å²) in [6.45, 7) is 2.17. The van der Waals surface area contributed by atoms with Crippen LogP contribution in [0.15, 0.2) is 40.9 Å². The summed E-state index contributed by atoms with van der Waals surface area (Å²) in [5.74, 6) is -0.786. The van der Waals surface area contributed by atoms with Gasteiger partial charge in [0.05, 0.1) is 35.1 Å². The Morgan fingerprint density at radius 3 is 2.64 bits per heavy atom. The Balaban J connectivity index is 1.68. The monoisotopic (exact) mass is 441 g/mol. The topological polar surface area (TPSA) is 99.5 Å². The molecule has 0 saturated carbocycles. The van der Waals surface area contributed by atoms with Crippen molar-refractivity contribution in [2.75, 3.05) is 18.5 Å². The predicted molar refractivity (Wildman–Crippen MR) is 105 cm³/mol. The number of nitrogens with one attached hydrogen (secondary N) is 1. The quantitative estimate of drug-likeness (QED) is 0.692. The number of fused-ring (bicyclic) bond motifs is 1. The molecule has 0 fully saturated rings. The minimum Gasteiger partial charge on any atom is -0.492 e. The summed E-state index contributed by atoms with van der Waals surface area (Å²) in [6, 6.07) is 11.6. The summed E-state index contributed by atoms with van der Waals surface area (Å²) in [7, 11) is 0. The Morgan fingerprint density at radius 2 is 1.93 bits per heavy atom. The molecule has 3 amide bonds. The summed E-state index contributed by atoms with van der Waals surface area (Å²) >= 11 is 3.28. The van der Waals surface area contributed by atoms with Gasteiger partial charge in [0.2, 0.25) is 5.91 Å². The van der Waals surface area contributed by atoms with Crippen molar-refractivity contribution >= 4 is 39.3 Å². The van der Waals surface area contributed by atoms with E-state index in [4.69, 9.17) is 10.00 Å². The lowest BCUT2D eigenvalue weighted by molar-refractivity contribution is -0.116. The number of ether oxygens (including phenoxy) is 1. The number of halogens is 1. The van der Waals surface area contributed by atoms with Crippen LogP contribution in [0.3, 0.4) is 0 Å². The first-order valence-corrected chi connectivity index (χ1v) is 9.36. The van der Waals surface area contributed by atoms with Crippen molar-refractivity contribution in [2.24, 2.45) is 0 Å². The normalized spacial score (nSPS) is 12.5. The minimum absolute atomic E-state index is 0.0439. The molecule has 28 heavy (non-hydrogen) atoms. The van der Waals surface area contributed by atoms with Gasteiger partial charge in [-0.2, -0.15) is 5.26 Å². The maximum atomic E-state index is 12.4. The van der Waals surface area contributed by atoms with Crippen LogP contribution in [0.25, 0.3) is 0 Å². The van der Waals surface area contributed by atoms with Crippen LogP contribution in [-0.4, -0.2) is 35.8 Å². The molecule has 0 aliphatic carbocycles. The van der Waals surface area contributed by atoms with Gasteiger partial charge in [0.15, 0.2) is 0 Å². The Labute approximate surface area is 170 Å². The van der Waals surface area contributed by atoms with E-state index in [0.717, 1.165) is 4.90 Å². The number of anilines is 1. The highest BCUT2D eigenvalue weighted by atomic mass is 79.9. The fraction of sp³-hybridized carbons (Fsp3) is 0.200. The number of benzene rings is 2. The van der Waals surface area contributed by atoms with Gasteiger partial charge in [-0.25, -0.2) is 0 Å². The SMILES string of the molecule is CCOc1ccc(C#N)cc1NC(=O)CCN1C(=O)c2ccc(Br)cc2C1=O. The van der Waals surface area contributed by atoms with Gasteiger partial charge < -0.3 is 10.1 Å². The highest BCUT2D eigenvalue weighted by molar-refractivity contribution is 9.10. The number of hydrogen-bond donors (Lipinski definition) is 1. The molecule has 8 heteroatoms. The van der Waals surface area contributed by atoms with Gasteiger partial charge in [-0.15, -0.1) is 0 Å². The lowest BCUT2D eigenvalue weighted by Gasteiger charge is -2.15. The average Bonchev–Trinajstić information content (AvgIpc) is 2.91. The minimum atomic E-state index is -0.421. The summed E-state index contributed by atoms with van der Waals surface area (Å²) in [6.07, 6.45) is -0.0744. The lowest BCUT2D eigenvalue weighted by atomic mass is 10.1. The van der Waals surface area contributed by atoms with E-state index in [-0.39, 0.29) is 13.0 Å². The maximum Gasteiger partial charge on any atom is 0.261 e. The molecule has 2 aromatic carbocycles. The van der Waals surface area contributed by atoms with Crippen molar-refractivity contribution in [2.45, 2.75) is 13.3 Å². The van der Waals surface area contributed by atoms with Crippen LogP contribution in [0.1, 0.15) is 39.6 Å². The summed E-state index contributed by atoms with van der Waals surface area (Å²) < 4.78 is 6.16. The zero-order valence-corrected chi connectivity index (χ0v) is 16.6. The third kappa shape index (κ3) is 3.89. The molecular formula is C20H16BrN3O4. The predicted octanol–water partition coefficient (Wildman–Crippen LogP) is 3.34. The Hall–Kier alpha value is -3.18. The van der Waals surface area contributed by atoms with Crippen molar-refractivity contribution in [1.29, 1.82) is 5.26 Å². The van der Waals surface area contributed by atoms with Crippen LogP contribution in [0.2, 0.25) is 0 Å². The second kappa shape index (κ2) is 8.23. The summed E-state index contributed by atoms with van der Waals surface area (Å²) in [5, 5.41) is 11.7. The first-order valence-electron chi connectivity index (χ1n) is 8.57. The molecular weight excluding hydrogens is 426 g/mol. The van der Waals surface area contributed by atoms with E-state index in [1.54, 1.807) is 30.3 Å². The third-order valence-corrected chi connectivity index (χ3v) is 4.67. The lowest BCUT2D eigenvalue weighted by Crippen LogP contribution is -2.32. The van der Waals surface area contributed by atoms with Crippen LogP contribution < -0.4 is 10.1 Å². The molecule has 0 bridgehead atoms. The zero-order chi connectivity index (χ0) is 20.3. The van der Waals surface area contributed by atoms with Gasteiger partial charge in [0, 0.05) is 17.4 Å². The maximum absolute atomic E-state index is 12.4. The van der Waals surface area contributed by atoms with E-state index in [1.165, 1.54) is 6.07 Å². The smallest absolute Gasteiger partial charge is 0.261 e. The Morgan fingerprint density at radius 1 is 1.18 bits per heavy atom. The van der Waals surface area contributed by atoms with E-state index >= 15 is 0 Å². The number of carbonyl (C=O) groups excluding carboxylic acids is 3. The van der Waals surface area contributed by atoms with E-state index in [0.29, 0.717) is 39.2 Å². The number of rotatable bonds is 6. The largest absolute Gasteiger partial charge is 0.492 e. The van der Waals surface area contributed by atoms with Crippen LogP contribution >= 0.6 is 15.9 Å². The Kier molecular flexibility index (Phi) is 5.76. The molecule has 0 radical (unpaired) electrons. The highest BCUT2D eigenvalue weighted by Gasteiger charge is 2.35. The van der Waals surface area contributed by atoms with Crippen molar-refractivity contribution in [3.63, 3.8) is 0 Å².